The average Bonchev–Trinajstić information content (AvgIpc) is 2.83. The maximum atomic E-state index is 13.1. The summed E-state index contributed by atoms with van der Waals surface area (Å²) in [5.41, 5.74) is -3.84. The monoisotopic (exact) mass is 353 g/mol. The highest BCUT2D eigenvalue weighted by molar-refractivity contribution is 5.96. The van der Waals surface area contributed by atoms with Crippen LogP contribution < -0.4 is 5.32 Å². The van der Waals surface area contributed by atoms with Gasteiger partial charge in [0.25, 0.3) is 5.91 Å². The third kappa shape index (κ3) is 3.09. The van der Waals surface area contributed by atoms with Crippen molar-refractivity contribution < 1.29 is 35.9 Å². The molecule has 0 radical (unpaired) electrons. The molecule has 0 bridgehead atoms. The van der Waals surface area contributed by atoms with Crippen LogP contribution in [0.2, 0.25) is 0 Å². The molecule has 9 heteroatoms. The SMILES string of the molecule is O=C(N[C@@H]1C[C@@H]2OCC[C@@H]21)c1ccc(C(F)(F)F)cc1C(F)(F)F. The number of rotatable bonds is 2. The summed E-state index contributed by atoms with van der Waals surface area (Å²) in [7, 11) is 0. The summed E-state index contributed by atoms with van der Waals surface area (Å²) in [4.78, 5) is 12.1. The van der Waals surface area contributed by atoms with Crippen molar-refractivity contribution in [1.82, 2.24) is 5.32 Å². The van der Waals surface area contributed by atoms with Crippen molar-refractivity contribution in [3.8, 4) is 0 Å². The van der Waals surface area contributed by atoms with Gasteiger partial charge in [0, 0.05) is 18.6 Å². The van der Waals surface area contributed by atoms with E-state index in [-0.39, 0.29) is 24.1 Å². The molecule has 0 aromatic heterocycles. The molecule has 3 atom stereocenters. The standard InChI is InChI=1S/C15H13F6NO2/c16-14(17,18)7-1-2-8(10(5-7)15(19,20)21)13(23)22-11-6-12-9(11)3-4-24-12/h1-2,5,9,11-12H,3-4,6H2,(H,22,23)/t9-,11-,12+/m1/s1. The van der Waals surface area contributed by atoms with Gasteiger partial charge in [0.15, 0.2) is 0 Å². The number of carbonyl (C=O) groups excluding carboxylic acids is 1. The quantitative estimate of drug-likeness (QED) is 0.825. The maximum absolute atomic E-state index is 13.1. The van der Waals surface area contributed by atoms with Crippen LogP contribution in [0.25, 0.3) is 0 Å². The lowest BCUT2D eigenvalue weighted by atomic mass is 9.76. The number of nitrogens with one attached hydrogen (secondary N) is 1. The number of benzene rings is 1. The Morgan fingerprint density at radius 1 is 1.12 bits per heavy atom. The first-order valence-corrected chi connectivity index (χ1v) is 7.28. The second kappa shape index (κ2) is 5.65. The van der Waals surface area contributed by atoms with Crippen LogP contribution in [0, 0.1) is 5.92 Å². The van der Waals surface area contributed by atoms with Crippen molar-refractivity contribution >= 4 is 5.91 Å². The number of carbonyl (C=O) groups is 1. The number of fused-ring (bicyclic) bond motifs is 1. The Balaban J connectivity index is 1.85. The topological polar surface area (TPSA) is 38.3 Å². The summed E-state index contributed by atoms with van der Waals surface area (Å²) in [5, 5.41) is 2.47. The third-order valence-electron chi connectivity index (χ3n) is 4.48. The molecule has 1 N–H and O–H groups in total. The predicted molar refractivity (Wildman–Crippen MR) is 70.2 cm³/mol. The fraction of sp³-hybridized carbons (Fsp3) is 0.533. The number of halogens is 6. The second-order valence-electron chi connectivity index (χ2n) is 5.93. The molecule has 1 aliphatic carbocycles. The molecule has 1 amide bonds. The van der Waals surface area contributed by atoms with Crippen LogP contribution in [0.3, 0.4) is 0 Å². The molecule has 132 valence electrons. The van der Waals surface area contributed by atoms with E-state index in [0.717, 1.165) is 0 Å². The van der Waals surface area contributed by atoms with Crippen LogP contribution in [-0.4, -0.2) is 24.7 Å². The van der Waals surface area contributed by atoms with Gasteiger partial charge in [-0.2, -0.15) is 26.3 Å². The van der Waals surface area contributed by atoms with E-state index < -0.39 is 35.0 Å². The zero-order chi connectivity index (χ0) is 17.7. The Bertz CT molecular complexity index is 654. The van der Waals surface area contributed by atoms with Crippen LogP contribution in [-0.2, 0) is 17.1 Å². The van der Waals surface area contributed by atoms with Crippen LogP contribution in [0.4, 0.5) is 26.3 Å². The van der Waals surface area contributed by atoms with Gasteiger partial charge in [-0.3, -0.25) is 4.79 Å². The molecule has 1 saturated heterocycles. The summed E-state index contributed by atoms with van der Waals surface area (Å²) in [6.45, 7) is 0.537. The number of hydrogen-bond acceptors (Lipinski definition) is 2. The van der Waals surface area contributed by atoms with Gasteiger partial charge >= 0.3 is 12.4 Å². The minimum Gasteiger partial charge on any atom is -0.378 e. The van der Waals surface area contributed by atoms with E-state index in [1.54, 1.807) is 0 Å². The van der Waals surface area contributed by atoms with Gasteiger partial charge in [-0.05, 0) is 31.0 Å². The smallest absolute Gasteiger partial charge is 0.378 e. The van der Waals surface area contributed by atoms with Gasteiger partial charge in [0.2, 0.25) is 0 Å². The summed E-state index contributed by atoms with van der Waals surface area (Å²) in [6.07, 6.45) is -8.78. The van der Waals surface area contributed by atoms with E-state index in [9.17, 15) is 31.1 Å². The van der Waals surface area contributed by atoms with E-state index >= 15 is 0 Å². The highest BCUT2D eigenvalue weighted by Gasteiger charge is 2.46. The summed E-state index contributed by atoms with van der Waals surface area (Å²) >= 11 is 0. The van der Waals surface area contributed by atoms with Gasteiger partial charge in [-0.15, -0.1) is 0 Å². The highest BCUT2D eigenvalue weighted by Crippen LogP contribution is 2.40. The lowest BCUT2D eigenvalue weighted by Gasteiger charge is -2.39. The summed E-state index contributed by atoms with van der Waals surface area (Å²) in [5.74, 6) is -0.968. The highest BCUT2D eigenvalue weighted by atomic mass is 19.4. The molecular formula is C15H13F6NO2. The number of alkyl halides is 6. The van der Waals surface area contributed by atoms with Gasteiger partial charge in [-0.25, -0.2) is 0 Å². The van der Waals surface area contributed by atoms with Crippen molar-refractivity contribution in [3.63, 3.8) is 0 Å². The first-order chi connectivity index (χ1) is 11.1. The van der Waals surface area contributed by atoms with E-state index in [0.29, 0.717) is 31.6 Å². The van der Waals surface area contributed by atoms with Crippen LogP contribution in [0.5, 0.6) is 0 Å². The van der Waals surface area contributed by atoms with Gasteiger partial charge in [0.1, 0.15) is 0 Å². The van der Waals surface area contributed by atoms with Crippen molar-refractivity contribution in [2.45, 2.75) is 37.3 Å². The lowest BCUT2D eigenvalue weighted by molar-refractivity contribution is -0.143. The third-order valence-corrected chi connectivity index (χ3v) is 4.48. The van der Waals surface area contributed by atoms with Gasteiger partial charge in [-0.1, -0.05) is 0 Å². The zero-order valence-corrected chi connectivity index (χ0v) is 12.2. The van der Waals surface area contributed by atoms with E-state index in [1.165, 1.54) is 0 Å². The molecule has 1 heterocycles. The minimum absolute atomic E-state index is 0.00462. The Morgan fingerprint density at radius 3 is 2.42 bits per heavy atom. The zero-order valence-electron chi connectivity index (χ0n) is 12.2. The average molecular weight is 353 g/mol. The lowest BCUT2D eigenvalue weighted by Crippen LogP contribution is -2.53. The Labute approximate surface area is 133 Å². The fourth-order valence-electron chi connectivity index (χ4n) is 3.16. The van der Waals surface area contributed by atoms with E-state index in [1.807, 2.05) is 0 Å². The molecule has 1 aromatic rings. The maximum Gasteiger partial charge on any atom is 0.417 e. The molecule has 0 unspecified atom stereocenters. The number of hydrogen-bond donors (Lipinski definition) is 1. The van der Waals surface area contributed by atoms with Crippen LogP contribution in [0.15, 0.2) is 18.2 Å². The Hall–Kier alpha value is -1.77. The number of amides is 1. The van der Waals surface area contributed by atoms with Crippen molar-refractivity contribution in [2.75, 3.05) is 6.61 Å². The van der Waals surface area contributed by atoms with Crippen molar-refractivity contribution in [2.24, 2.45) is 5.92 Å². The molecule has 24 heavy (non-hydrogen) atoms. The van der Waals surface area contributed by atoms with Crippen LogP contribution >= 0.6 is 0 Å². The van der Waals surface area contributed by atoms with Gasteiger partial charge < -0.3 is 10.1 Å². The molecule has 0 spiro atoms. The number of ether oxygens (including phenoxy) is 1. The first kappa shape index (κ1) is 17.1. The fourth-order valence-corrected chi connectivity index (χ4v) is 3.16. The molecule has 3 nitrogen and oxygen atoms in total. The van der Waals surface area contributed by atoms with E-state index in [2.05, 4.69) is 5.32 Å². The minimum atomic E-state index is -5.06. The first-order valence-electron chi connectivity index (χ1n) is 7.28. The molecular weight excluding hydrogens is 340 g/mol. The predicted octanol–water partition coefficient (Wildman–Crippen LogP) is 3.63. The summed E-state index contributed by atoms with van der Waals surface area (Å²) in [6, 6.07) is 0.708. The van der Waals surface area contributed by atoms with Crippen molar-refractivity contribution in [3.05, 3.63) is 34.9 Å². The molecule has 3 rings (SSSR count). The summed E-state index contributed by atoms with van der Waals surface area (Å²) < 4.78 is 82.4. The molecule has 1 aliphatic heterocycles. The Kier molecular flexibility index (Phi) is 4.01. The van der Waals surface area contributed by atoms with Crippen molar-refractivity contribution in [1.29, 1.82) is 0 Å². The molecule has 2 aliphatic rings. The molecule has 2 fully saturated rings. The van der Waals surface area contributed by atoms with Crippen LogP contribution in [0.1, 0.15) is 34.3 Å². The van der Waals surface area contributed by atoms with Gasteiger partial charge in [0.05, 0.1) is 22.8 Å². The van der Waals surface area contributed by atoms with E-state index in [4.69, 9.17) is 4.74 Å². The largest absolute Gasteiger partial charge is 0.417 e. The molecule has 1 saturated carbocycles. The normalized spacial score (nSPS) is 26.7. The molecule has 1 aromatic carbocycles. The Morgan fingerprint density at radius 2 is 1.83 bits per heavy atom. The second-order valence-corrected chi connectivity index (χ2v) is 5.93.